The largest absolute Gasteiger partial charge is 0.394 e. The summed E-state index contributed by atoms with van der Waals surface area (Å²) in [6, 6.07) is 0.287. The Kier molecular flexibility index (Phi) is 3.23. The van der Waals surface area contributed by atoms with Gasteiger partial charge in [0.05, 0.1) is 31.2 Å². The number of fused-ring (bicyclic) bond motifs is 1. The first kappa shape index (κ1) is 11.8. The van der Waals surface area contributed by atoms with Crippen LogP contribution in [-0.4, -0.2) is 31.0 Å². The summed E-state index contributed by atoms with van der Waals surface area (Å²) in [5, 5.41) is 12.9. The molecule has 2 aromatic heterocycles. The average Bonchev–Trinajstić information content (AvgIpc) is 2.76. The van der Waals surface area contributed by atoms with Crippen LogP contribution in [0, 0.1) is 0 Å². The predicted octanol–water partition coefficient (Wildman–Crippen LogP) is 0.556. The summed E-state index contributed by atoms with van der Waals surface area (Å²) in [4.78, 5) is 16.1. The molecule has 92 valence electrons. The molecule has 2 rings (SSSR count). The van der Waals surface area contributed by atoms with Crippen LogP contribution < -0.4 is 5.56 Å². The lowest BCUT2D eigenvalue weighted by Crippen LogP contribution is -2.24. The van der Waals surface area contributed by atoms with Gasteiger partial charge >= 0.3 is 0 Å². The lowest BCUT2D eigenvalue weighted by molar-refractivity contribution is 0.266. The Balaban J connectivity index is 2.58. The topological polar surface area (TPSA) is 72.9 Å². The van der Waals surface area contributed by atoms with Crippen LogP contribution in [-0.2, 0) is 6.54 Å². The third-order valence-corrected chi connectivity index (χ3v) is 2.97. The Morgan fingerprint density at radius 1 is 1.53 bits per heavy atom. The van der Waals surface area contributed by atoms with Crippen LogP contribution in [0.3, 0.4) is 0 Å². The number of aliphatic hydroxyl groups excluding tert-OH is 1. The van der Waals surface area contributed by atoms with Gasteiger partial charge in [-0.3, -0.25) is 4.79 Å². The van der Waals surface area contributed by atoms with Crippen LogP contribution >= 0.6 is 0 Å². The van der Waals surface area contributed by atoms with Gasteiger partial charge < -0.3 is 9.67 Å². The van der Waals surface area contributed by atoms with Crippen molar-refractivity contribution < 1.29 is 5.11 Å². The standard InChI is InChI=1S/C11H16N4O2/c1-3-8(2)14-7-12-10-9(14)6-13-15(4-5-16)11(10)17/h6-8,16H,3-5H2,1-2H3. The number of aliphatic hydroxyl groups is 1. The van der Waals surface area contributed by atoms with Crippen molar-refractivity contribution in [2.75, 3.05) is 6.61 Å². The van der Waals surface area contributed by atoms with Gasteiger partial charge in [0.2, 0.25) is 0 Å². The Hall–Kier alpha value is -1.69. The summed E-state index contributed by atoms with van der Waals surface area (Å²) in [5.74, 6) is 0. The molecule has 0 radical (unpaired) electrons. The molecule has 1 unspecified atom stereocenters. The fraction of sp³-hybridized carbons (Fsp3) is 0.545. The number of hydrogen-bond acceptors (Lipinski definition) is 4. The Morgan fingerprint density at radius 3 is 2.94 bits per heavy atom. The SMILES string of the molecule is CCC(C)n1cnc2c(=O)n(CCO)ncc21. The van der Waals surface area contributed by atoms with Crippen LogP contribution in [0.1, 0.15) is 26.3 Å². The molecular weight excluding hydrogens is 220 g/mol. The van der Waals surface area contributed by atoms with E-state index in [1.165, 1.54) is 4.68 Å². The van der Waals surface area contributed by atoms with E-state index in [0.717, 1.165) is 11.9 Å². The van der Waals surface area contributed by atoms with E-state index in [4.69, 9.17) is 5.11 Å². The first-order valence-electron chi connectivity index (χ1n) is 5.72. The monoisotopic (exact) mass is 236 g/mol. The van der Waals surface area contributed by atoms with E-state index >= 15 is 0 Å². The molecule has 2 aromatic rings. The molecule has 6 heteroatoms. The highest BCUT2D eigenvalue weighted by Crippen LogP contribution is 2.16. The maximum Gasteiger partial charge on any atom is 0.294 e. The van der Waals surface area contributed by atoms with E-state index in [1.54, 1.807) is 12.5 Å². The van der Waals surface area contributed by atoms with E-state index in [0.29, 0.717) is 5.52 Å². The van der Waals surface area contributed by atoms with Gasteiger partial charge in [0.25, 0.3) is 5.56 Å². The third kappa shape index (κ3) is 1.95. The summed E-state index contributed by atoms with van der Waals surface area (Å²) in [7, 11) is 0. The second kappa shape index (κ2) is 4.67. The van der Waals surface area contributed by atoms with Crippen LogP contribution in [0.2, 0.25) is 0 Å². The number of nitrogens with zero attached hydrogens (tertiary/aromatic N) is 4. The van der Waals surface area contributed by atoms with E-state index in [-0.39, 0.29) is 24.8 Å². The van der Waals surface area contributed by atoms with Gasteiger partial charge in [0.15, 0.2) is 5.52 Å². The number of aromatic nitrogens is 4. The Bertz CT molecular complexity index is 572. The van der Waals surface area contributed by atoms with Crippen molar-refractivity contribution in [2.24, 2.45) is 0 Å². The van der Waals surface area contributed by atoms with Crippen molar-refractivity contribution >= 4 is 11.0 Å². The molecular formula is C11H16N4O2. The normalized spacial score (nSPS) is 13.1. The highest BCUT2D eigenvalue weighted by atomic mass is 16.3. The Morgan fingerprint density at radius 2 is 2.29 bits per heavy atom. The number of rotatable bonds is 4. The van der Waals surface area contributed by atoms with Crippen LogP contribution in [0.5, 0.6) is 0 Å². The molecule has 0 aliphatic heterocycles. The molecule has 2 heterocycles. The first-order valence-corrected chi connectivity index (χ1v) is 5.72. The molecule has 6 nitrogen and oxygen atoms in total. The maximum absolute atomic E-state index is 12.0. The zero-order chi connectivity index (χ0) is 12.4. The van der Waals surface area contributed by atoms with Gasteiger partial charge in [-0.15, -0.1) is 0 Å². The van der Waals surface area contributed by atoms with Gasteiger partial charge in [-0.1, -0.05) is 6.92 Å². The van der Waals surface area contributed by atoms with Crippen molar-refractivity contribution in [1.82, 2.24) is 19.3 Å². The highest BCUT2D eigenvalue weighted by Gasteiger charge is 2.12. The van der Waals surface area contributed by atoms with Crippen molar-refractivity contribution in [3.8, 4) is 0 Å². The molecule has 0 saturated carbocycles. The van der Waals surface area contributed by atoms with Crippen molar-refractivity contribution in [3.05, 3.63) is 22.9 Å². The smallest absolute Gasteiger partial charge is 0.294 e. The van der Waals surface area contributed by atoms with Gasteiger partial charge in [0.1, 0.15) is 0 Å². The minimum Gasteiger partial charge on any atom is -0.394 e. The van der Waals surface area contributed by atoms with Gasteiger partial charge in [-0.05, 0) is 13.3 Å². The maximum atomic E-state index is 12.0. The molecule has 0 bridgehead atoms. The van der Waals surface area contributed by atoms with Crippen molar-refractivity contribution in [1.29, 1.82) is 0 Å². The molecule has 1 atom stereocenters. The van der Waals surface area contributed by atoms with E-state index in [2.05, 4.69) is 23.9 Å². The summed E-state index contributed by atoms with van der Waals surface area (Å²) in [6.07, 6.45) is 4.27. The molecule has 0 spiro atoms. The Labute approximate surface area is 98.5 Å². The van der Waals surface area contributed by atoms with Crippen molar-refractivity contribution in [2.45, 2.75) is 32.9 Å². The van der Waals surface area contributed by atoms with Crippen molar-refractivity contribution in [3.63, 3.8) is 0 Å². The molecule has 0 aromatic carbocycles. The molecule has 1 N–H and O–H groups in total. The molecule has 17 heavy (non-hydrogen) atoms. The zero-order valence-electron chi connectivity index (χ0n) is 10.00. The third-order valence-electron chi connectivity index (χ3n) is 2.97. The molecule has 0 aliphatic rings. The fourth-order valence-electron chi connectivity index (χ4n) is 1.76. The molecule has 0 aliphatic carbocycles. The summed E-state index contributed by atoms with van der Waals surface area (Å²) in [5.41, 5.74) is 0.908. The fourth-order valence-corrected chi connectivity index (χ4v) is 1.76. The molecule has 0 amide bonds. The second-order valence-corrected chi connectivity index (χ2v) is 4.04. The minimum atomic E-state index is -0.251. The lowest BCUT2D eigenvalue weighted by atomic mass is 10.2. The van der Waals surface area contributed by atoms with E-state index in [1.807, 2.05) is 4.57 Å². The number of hydrogen-bond donors (Lipinski definition) is 1. The second-order valence-electron chi connectivity index (χ2n) is 4.04. The summed E-state index contributed by atoms with van der Waals surface area (Å²) < 4.78 is 3.18. The molecule has 0 saturated heterocycles. The van der Waals surface area contributed by atoms with E-state index in [9.17, 15) is 4.79 Å². The van der Waals surface area contributed by atoms with Crippen LogP contribution in [0.15, 0.2) is 17.3 Å². The quantitative estimate of drug-likeness (QED) is 0.841. The molecule has 0 fully saturated rings. The van der Waals surface area contributed by atoms with Gasteiger partial charge in [-0.2, -0.15) is 5.10 Å². The summed E-state index contributed by atoms with van der Waals surface area (Å²) >= 11 is 0. The van der Waals surface area contributed by atoms with Crippen LogP contribution in [0.25, 0.3) is 11.0 Å². The lowest BCUT2D eigenvalue weighted by Gasteiger charge is -2.11. The van der Waals surface area contributed by atoms with Crippen LogP contribution in [0.4, 0.5) is 0 Å². The van der Waals surface area contributed by atoms with Gasteiger partial charge in [-0.25, -0.2) is 9.67 Å². The van der Waals surface area contributed by atoms with E-state index < -0.39 is 0 Å². The highest BCUT2D eigenvalue weighted by molar-refractivity contribution is 5.72. The number of imidazole rings is 1. The average molecular weight is 236 g/mol. The zero-order valence-corrected chi connectivity index (χ0v) is 10.00. The minimum absolute atomic E-state index is 0.107. The van der Waals surface area contributed by atoms with Gasteiger partial charge in [0, 0.05) is 6.04 Å². The predicted molar refractivity (Wildman–Crippen MR) is 63.9 cm³/mol. The first-order chi connectivity index (χ1) is 8.19. The summed E-state index contributed by atoms with van der Waals surface area (Å²) in [6.45, 7) is 4.24.